The van der Waals surface area contributed by atoms with E-state index < -0.39 is 0 Å². The van der Waals surface area contributed by atoms with Crippen molar-refractivity contribution in [1.29, 1.82) is 0 Å². The van der Waals surface area contributed by atoms with Crippen LogP contribution < -0.4 is 0 Å². The molecule has 12 heavy (non-hydrogen) atoms. The summed E-state index contributed by atoms with van der Waals surface area (Å²) in [6.07, 6.45) is 0. The van der Waals surface area contributed by atoms with Gasteiger partial charge in [0.1, 0.15) is 0 Å². The lowest BCUT2D eigenvalue weighted by atomic mass is 10.4. The van der Waals surface area contributed by atoms with Gasteiger partial charge in [-0.05, 0) is 18.0 Å². The number of aliphatic hydroxyl groups is 1. The molecule has 0 aromatic carbocycles. The number of thiophene rings is 1. The number of hydrogen-bond donors (Lipinski definition) is 1. The third-order valence-corrected chi connectivity index (χ3v) is 2.68. The smallest absolute Gasteiger partial charge is 0.0558 e. The summed E-state index contributed by atoms with van der Waals surface area (Å²) in [5.74, 6) is 0. The van der Waals surface area contributed by atoms with E-state index in [1.165, 1.54) is 4.88 Å². The maximum atomic E-state index is 8.76. The van der Waals surface area contributed by atoms with Crippen LogP contribution in [0.1, 0.15) is 11.8 Å². The minimum absolute atomic E-state index is 0.249. The summed E-state index contributed by atoms with van der Waals surface area (Å²) in [4.78, 5) is 3.59. The molecule has 0 unspecified atom stereocenters. The predicted molar refractivity (Wildman–Crippen MR) is 52.4 cm³/mol. The second-order valence-electron chi connectivity index (χ2n) is 2.67. The lowest BCUT2D eigenvalue weighted by molar-refractivity contribution is 0.198. The third-order valence-electron chi connectivity index (χ3n) is 1.82. The summed E-state index contributed by atoms with van der Waals surface area (Å²) in [5, 5.41) is 10.8. The zero-order valence-corrected chi connectivity index (χ0v) is 8.18. The van der Waals surface area contributed by atoms with Crippen molar-refractivity contribution in [3.05, 3.63) is 22.4 Å². The van der Waals surface area contributed by atoms with E-state index in [0.29, 0.717) is 0 Å². The van der Waals surface area contributed by atoms with Gasteiger partial charge in [0.25, 0.3) is 0 Å². The standard InChI is InChI=1S/C9H15NOS/c1-2-10(5-6-11)8-9-4-3-7-12-9/h3-4,7,11H,2,5-6,8H2,1H3. The maximum Gasteiger partial charge on any atom is 0.0558 e. The van der Waals surface area contributed by atoms with Gasteiger partial charge in [0.2, 0.25) is 0 Å². The fourth-order valence-electron chi connectivity index (χ4n) is 1.11. The Bertz CT molecular complexity index is 198. The Morgan fingerprint density at radius 2 is 2.42 bits per heavy atom. The molecule has 0 radical (unpaired) electrons. The number of nitrogens with zero attached hydrogens (tertiary/aromatic N) is 1. The van der Waals surface area contributed by atoms with Crippen LogP contribution in [0.3, 0.4) is 0 Å². The molecule has 3 heteroatoms. The molecule has 0 aliphatic heterocycles. The molecule has 1 aromatic rings. The van der Waals surface area contributed by atoms with Crippen molar-refractivity contribution in [2.45, 2.75) is 13.5 Å². The van der Waals surface area contributed by atoms with Crippen LogP contribution in [0.5, 0.6) is 0 Å². The molecule has 1 rings (SSSR count). The first-order valence-electron chi connectivity index (χ1n) is 4.22. The lowest BCUT2D eigenvalue weighted by Gasteiger charge is -2.17. The number of hydrogen-bond acceptors (Lipinski definition) is 3. The second-order valence-corrected chi connectivity index (χ2v) is 3.70. The van der Waals surface area contributed by atoms with Crippen LogP contribution >= 0.6 is 11.3 Å². The molecule has 2 nitrogen and oxygen atoms in total. The van der Waals surface area contributed by atoms with E-state index in [1.807, 2.05) is 0 Å². The summed E-state index contributed by atoms with van der Waals surface area (Å²) >= 11 is 1.77. The molecule has 0 amide bonds. The van der Waals surface area contributed by atoms with Gasteiger partial charge in [-0.3, -0.25) is 4.90 Å². The zero-order valence-electron chi connectivity index (χ0n) is 7.36. The largest absolute Gasteiger partial charge is 0.395 e. The molecule has 0 saturated heterocycles. The molecule has 0 aliphatic rings. The minimum atomic E-state index is 0.249. The lowest BCUT2D eigenvalue weighted by Crippen LogP contribution is -2.25. The van der Waals surface area contributed by atoms with Crippen molar-refractivity contribution in [3.8, 4) is 0 Å². The summed E-state index contributed by atoms with van der Waals surface area (Å²) < 4.78 is 0. The second kappa shape index (κ2) is 5.30. The highest BCUT2D eigenvalue weighted by molar-refractivity contribution is 7.09. The Hall–Kier alpha value is -0.380. The van der Waals surface area contributed by atoms with Gasteiger partial charge in [0, 0.05) is 18.0 Å². The number of aliphatic hydroxyl groups excluding tert-OH is 1. The van der Waals surface area contributed by atoms with Crippen LogP contribution in [-0.4, -0.2) is 29.7 Å². The van der Waals surface area contributed by atoms with Crippen molar-refractivity contribution < 1.29 is 5.11 Å². The van der Waals surface area contributed by atoms with Gasteiger partial charge in [-0.25, -0.2) is 0 Å². The van der Waals surface area contributed by atoms with Gasteiger partial charge in [0.15, 0.2) is 0 Å². The molecular formula is C9H15NOS. The minimum Gasteiger partial charge on any atom is -0.395 e. The highest BCUT2D eigenvalue weighted by atomic mass is 32.1. The average molecular weight is 185 g/mol. The average Bonchev–Trinajstić information content (AvgIpc) is 2.56. The summed E-state index contributed by atoms with van der Waals surface area (Å²) in [5.41, 5.74) is 0. The third kappa shape index (κ3) is 2.93. The molecule has 0 aliphatic carbocycles. The first-order chi connectivity index (χ1) is 5.86. The molecule has 0 bridgehead atoms. The van der Waals surface area contributed by atoms with E-state index >= 15 is 0 Å². The fraction of sp³-hybridized carbons (Fsp3) is 0.556. The van der Waals surface area contributed by atoms with E-state index in [9.17, 15) is 0 Å². The summed E-state index contributed by atoms with van der Waals surface area (Å²) in [6, 6.07) is 4.19. The Morgan fingerprint density at radius 1 is 1.58 bits per heavy atom. The van der Waals surface area contributed by atoms with Crippen molar-refractivity contribution in [2.75, 3.05) is 19.7 Å². The highest BCUT2D eigenvalue weighted by Gasteiger charge is 2.02. The predicted octanol–water partition coefficient (Wildman–Crippen LogP) is 1.56. The number of rotatable bonds is 5. The van der Waals surface area contributed by atoms with Gasteiger partial charge in [-0.2, -0.15) is 0 Å². The van der Waals surface area contributed by atoms with Crippen LogP contribution in [0, 0.1) is 0 Å². The van der Waals surface area contributed by atoms with E-state index in [2.05, 4.69) is 29.3 Å². The van der Waals surface area contributed by atoms with Crippen molar-refractivity contribution in [2.24, 2.45) is 0 Å². The maximum absolute atomic E-state index is 8.76. The van der Waals surface area contributed by atoms with Crippen molar-refractivity contribution in [1.82, 2.24) is 4.90 Å². The molecule has 0 atom stereocenters. The van der Waals surface area contributed by atoms with E-state index in [-0.39, 0.29) is 6.61 Å². The molecule has 1 heterocycles. The SMILES string of the molecule is CCN(CCO)Cc1cccs1. The topological polar surface area (TPSA) is 23.5 Å². The van der Waals surface area contributed by atoms with E-state index in [0.717, 1.165) is 19.6 Å². The van der Waals surface area contributed by atoms with Crippen LogP contribution in [0.2, 0.25) is 0 Å². The first kappa shape index (κ1) is 9.71. The molecular weight excluding hydrogens is 170 g/mol. The molecule has 0 fully saturated rings. The molecule has 1 aromatic heterocycles. The molecule has 0 spiro atoms. The zero-order chi connectivity index (χ0) is 8.81. The Kier molecular flexibility index (Phi) is 4.29. The van der Waals surface area contributed by atoms with Gasteiger partial charge in [0.05, 0.1) is 6.61 Å². The van der Waals surface area contributed by atoms with Crippen LogP contribution in [-0.2, 0) is 6.54 Å². The number of likely N-dealkylation sites (N-methyl/N-ethyl adjacent to an activating group) is 1. The van der Waals surface area contributed by atoms with Gasteiger partial charge in [-0.15, -0.1) is 11.3 Å². The Labute approximate surface area is 77.5 Å². The van der Waals surface area contributed by atoms with Gasteiger partial charge >= 0.3 is 0 Å². The highest BCUT2D eigenvalue weighted by Crippen LogP contribution is 2.10. The first-order valence-corrected chi connectivity index (χ1v) is 5.10. The van der Waals surface area contributed by atoms with Crippen molar-refractivity contribution >= 4 is 11.3 Å². The van der Waals surface area contributed by atoms with Gasteiger partial charge < -0.3 is 5.11 Å². The Balaban J connectivity index is 2.37. The molecule has 0 saturated carbocycles. The molecule has 68 valence electrons. The van der Waals surface area contributed by atoms with E-state index in [4.69, 9.17) is 5.11 Å². The van der Waals surface area contributed by atoms with Crippen molar-refractivity contribution in [3.63, 3.8) is 0 Å². The van der Waals surface area contributed by atoms with Crippen LogP contribution in [0.4, 0.5) is 0 Å². The van der Waals surface area contributed by atoms with Crippen LogP contribution in [0.25, 0.3) is 0 Å². The van der Waals surface area contributed by atoms with Crippen LogP contribution in [0.15, 0.2) is 17.5 Å². The normalized spacial score (nSPS) is 10.9. The van der Waals surface area contributed by atoms with Gasteiger partial charge in [-0.1, -0.05) is 13.0 Å². The fourth-order valence-corrected chi connectivity index (χ4v) is 1.86. The Morgan fingerprint density at radius 3 is 2.92 bits per heavy atom. The monoisotopic (exact) mass is 185 g/mol. The quantitative estimate of drug-likeness (QED) is 0.752. The van der Waals surface area contributed by atoms with E-state index in [1.54, 1.807) is 11.3 Å². The summed E-state index contributed by atoms with van der Waals surface area (Å²) in [6.45, 7) is 5.10. The molecule has 1 N–H and O–H groups in total. The summed E-state index contributed by atoms with van der Waals surface area (Å²) in [7, 11) is 0.